The van der Waals surface area contributed by atoms with E-state index in [1.165, 1.54) is 13.8 Å². The fourth-order valence-electron chi connectivity index (χ4n) is 1.12. The van der Waals surface area contributed by atoms with Gasteiger partial charge in [-0.1, -0.05) is 6.07 Å². The van der Waals surface area contributed by atoms with Gasteiger partial charge in [0, 0.05) is 6.07 Å². The molecule has 94 valence electrons. The molecule has 0 saturated carbocycles. The van der Waals surface area contributed by atoms with E-state index in [2.05, 4.69) is 0 Å². The molecule has 4 nitrogen and oxygen atoms in total. The maximum Gasteiger partial charge on any atom is 0.347 e. The van der Waals surface area contributed by atoms with Crippen molar-refractivity contribution in [3.63, 3.8) is 0 Å². The smallest absolute Gasteiger partial charge is 0.347 e. The predicted molar refractivity (Wildman–Crippen MR) is 65.0 cm³/mol. The summed E-state index contributed by atoms with van der Waals surface area (Å²) in [5, 5.41) is 8.94. The Labute approximate surface area is 105 Å². The highest BCUT2D eigenvalue weighted by atomic mass is 35.5. The molecule has 17 heavy (non-hydrogen) atoms. The minimum Gasteiger partial charge on any atom is -0.492 e. The summed E-state index contributed by atoms with van der Waals surface area (Å²) in [6, 6.07) is 6.81. The number of carboxylic acid groups (broad SMARTS) is 1. The average molecular weight is 259 g/mol. The summed E-state index contributed by atoms with van der Waals surface area (Å²) in [6.07, 6.45) is 0. The van der Waals surface area contributed by atoms with Crippen LogP contribution in [0.5, 0.6) is 11.5 Å². The van der Waals surface area contributed by atoms with Gasteiger partial charge < -0.3 is 14.6 Å². The molecule has 0 saturated heterocycles. The van der Waals surface area contributed by atoms with Crippen LogP contribution in [0.2, 0.25) is 0 Å². The van der Waals surface area contributed by atoms with Crippen LogP contribution in [0.15, 0.2) is 24.3 Å². The van der Waals surface area contributed by atoms with Crippen molar-refractivity contribution in [1.82, 2.24) is 0 Å². The van der Waals surface area contributed by atoms with E-state index in [0.717, 1.165) is 0 Å². The van der Waals surface area contributed by atoms with Crippen LogP contribution < -0.4 is 9.47 Å². The number of carboxylic acids is 1. The van der Waals surface area contributed by atoms with E-state index in [0.29, 0.717) is 24.0 Å². The van der Waals surface area contributed by atoms with E-state index in [-0.39, 0.29) is 0 Å². The number of ether oxygens (including phenoxy) is 2. The van der Waals surface area contributed by atoms with E-state index in [4.69, 9.17) is 26.2 Å². The Morgan fingerprint density at radius 2 is 2.06 bits per heavy atom. The van der Waals surface area contributed by atoms with Crippen LogP contribution in [0.4, 0.5) is 0 Å². The molecule has 0 bridgehead atoms. The highest BCUT2D eigenvalue weighted by Crippen LogP contribution is 2.23. The zero-order chi connectivity index (χ0) is 12.9. The lowest BCUT2D eigenvalue weighted by Crippen LogP contribution is -2.37. The molecule has 1 aromatic carbocycles. The number of carbonyl (C=O) groups is 1. The molecule has 0 amide bonds. The summed E-state index contributed by atoms with van der Waals surface area (Å²) in [6.45, 7) is 3.37. The van der Waals surface area contributed by atoms with Crippen LogP contribution in [0.25, 0.3) is 0 Å². The quantitative estimate of drug-likeness (QED) is 0.797. The Balaban J connectivity index is 2.75. The third kappa shape index (κ3) is 4.15. The van der Waals surface area contributed by atoms with E-state index < -0.39 is 11.6 Å². The maximum atomic E-state index is 10.9. The van der Waals surface area contributed by atoms with Crippen molar-refractivity contribution >= 4 is 17.6 Å². The van der Waals surface area contributed by atoms with Gasteiger partial charge in [-0.05, 0) is 26.0 Å². The Morgan fingerprint density at radius 3 is 2.65 bits per heavy atom. The van der Waals surface area contributed by atoms with Crippen LogP contribution in [0.3, 0.4) is 0 Å². The number of halogens is 1. The lowest BCUT2D eigenvalue weighted by atomic mass is 10.1. The predicted octanol–water partition coefficient (Wildman–Crippen LogP) is 2.55. The lowest BCUT2D eigenvalue weighted by Gasteiger charge is -2.21. The summed E-state index contributed by atoms with van der Waals surface area (Å²) in [7, 11) is 0. The topological polar surface area (TPSA) is 55.8 Å². The molecule has 0 heterocycles. The Kier molecular flexibility index (Phi) is 4.63. The number of rotatable bonds is 6. The van der Waals surface area contributed by atoms with Crippen molar-refractivity contribution in [2.75, 3.05) is 12.5 Å². The minimum atomic E-state index is -1.27. The van der Waals surface area contributed by atoms with Crippen molar-refractivity contribution in [2.24, 2.45) is 0 Å². The summed E-state index contributed by atoms with van der Waals surface area (Å²) in [5.41, 5.74) is -1.27. The van der Waals surface area contributed by atoms with Crippen LogP contribution >= 0.6 is 11.6 Å². The fourth-order valence-corrected chi connectivity index (χ4v) is 1.20. The summed E-state index contributed by atoms with van der Waals surface area (Å²) in [4.78, 5) is 10.9. The monoisotopic (exact) mass is 258 g/mol. The average Bonchev–Trinajstić information content (AvgIpc) is 2.26. The van der Waals surface area contributed by atoms with Crippen LogP contribution in [0.1, 0.15) is 13.8 Å². The minimum absolute atomic E-state index is 0.395. The molecule has 0 fully saturated rings. The molecular formula is C12H15ClO4. The van der Waals surface area contributed by atoms with Gasteiger partial charge in [-0.15, -0.1) is 11.6 Å². The second-order valence-corrected chi connectivity index (χ2v) is 4.31. The first-order valence-corrected chi connectivity index (χ1v) is 5.70. The van der Waals surface area contributed by atoms with Gasteiger partial charge in [0.15, 0.2) is 5.60 Å². The first-order valence-electron chi connectivity index (χ1n) is 5.17. The fraction of sp³-hybridized carbons (Fsp3) is 0.417. The lowest BCUT2D eigenvalue weighted by molar-refractivity contribution is -0.152. The van der Waals surface area contributed by atoms with Gasteiger partial charge in [0.2, 0.25) is 0 Å². The second kappa shape index (κ2) is 5.77. The van der Waals surface area contributed by atoms with Gasteiger partial charge in [-0.2, -0.15) is 0 Å². The van der Waals surface area contributed by atoms with E-state index in [1.807, 2.05) is 0 Å². The first kappa shape index (κ1) is 13.6. The van der Waals surface area contributed by atoms with Gasteiger partial charge in [-0.25, -0.2) is 4.79 Å². The molecule has 0 aliphatic carbocycles. The molecule has 1 N–H and O–H groups in total. The van der Waals surface area contributed by atoms with Crippen molar-refractivity contribution in [2.45, 2.75) is 19.4 Å². The molecule has 0 radical (unpaired) electrons. The van der Waals surface area contributed by atoms with Crippen LogP contribution in [0, 0.1) is 0 Å². The number of benzene rings is 1. The summed E-state index contributed by atoms with van der Waals surface area (Å²) in [5.74, 6) is 0.421. The van der Waals surface area contributed by atoms with Crippen LogP contribution in [-0.2, 0) is 4.79 Å². The molecule has 0 spiro atoms. The number of aliphatic carboxylic acids is 1. The Hall–Kier alpha value is -1.42. The summed E-state index contributed by atoms with van der Waals surface area (Å²) < 4.78 is 10.7. The zero-order valence-electron chi connectivity index (χ0n) is 9.77. The van der Waals surface area contributed by atoms with E-state index in [9.17, 15) is 4.79 Å². The van der Waals surface area contributed by atoms with Crippen molar-refractivity contribution in [1.29, 1.82) is 0 Å². The molecule has 0 unspecified atom stereocenters. The molecule has 0 aliphatic rings. The van der Waals surface area contributed by atoms with Gasteiger partial charge in [0.1, 0.15) is 18.1 Å². The number of hydrogen-bond acceptors (Lipinski definition) is 3. The van der Waals surface area contributed by atoms with Crippen molar-refractivity contribution < 1.29 is 19.4 Å². The first-order chi connectivity index (χ1) is 7.95. The van der Waals surface area contributed by atoms with E-state index >= 15 is 0 Å². The van der Waals surface area contributed by atoms with Gasteiger partial charge in [0.25, 0.3) is 0 Å². The third-order valence-corrected chi connectivity index (χ3v) is 2.19. The van der Waals surface area contributed by atoms with Crippen molar-refractivity contribution in [3.05, 3.63) is 24.3 Å². The van der Waals surface area contributed by atoms with Crippen LogP contribution in [-0.4, -0.2) is 29.2 Å². The molecule has 5 heteroatoms. The maximum absolute atomic E-state index is 10.9. The SMILES string of the molecule is CC(C)(Oc1cccc(OCCCl)c1)C(=O)O. The second-order valence-electron chi connectivity index (χ2n) is 3.93. The van der Waals surface area contributed by atoms with E-state index in [1.54, 1.807) is 24.3 Å². The zero-order valence-corrected chi connectivity index (χ0v) is 10.5. The highest BCUT2D eigenvalue weighted by molar-refractivity contribution is 6.18. The standard InChI is InChI=1S/C12H15ClO4/c1-12(2,11(14)15)17-10-5-3-4-9(8-10)16-7-6-13/h3-5,8H,6-7H2,1-2H3,(H,14,15). The molecular weight excluding hydrogens is 244 g/mol. The Morgan fingerprint density at radius 1 is 1.41 bits per heavy atom. The molecule has 0 aliphatic heterocycles. The molecule has 0 atom stereocenters. The number of alkyl halides is 1. The molecule has 1 rings (SSSR count). The largest absolute Gasteiger partial charge is 0.492 e. The van der Waals surface area contributed by atoms with Gasteiger partial charge in [-0.3, -0.25) is 0 Å². The normalized spacial score (nSPS) is 11.0. The third-order valence-electron chi connectivity index (χ3n) is 2.04. The Bertz CT molecular complexity index is 390. The number of hydrogen-bond donors (Lipinski definition) is 1. The van der Waals surface area contributed by atoms with Crippen molar-refractivity contribution in [3.8, 4) is 11.5 Å². The molecule has 1 aromatic rings. The van der Waals surface area contributed by atoms with Gasteiger partial charge >= 0.3 is 5.97 Å². The summed E-state index contributed by atoms with van der Waals surface area (Å²) >= 11 is 5.51. The highest BCUT2D eigenvalue weighted by Gasteiger charge is 2.29. The molecule has 0 aromatic heterocycles. The van der Waals surface area contributed by atoms with Gasteiger partial charge in [0.05, 0.1) is 5.88 Å².